The molecule has 10 nitrogen and oxygen atoms in total. The van der Waals surface area contributed by atoms with Crippen molar-refractivity contribution >= 4 is 34.8 Å². The Balaban J connectivity index is 1.54. The van der Waals surface area contributed by atoms with Gasteiger partial charge in [-0.25, -0.2) is 13.5 Å². The molecule has 1 aliphatic carbocycles. The predicted molar refractivity (Wildman–Crippen MR) is 149 cm³/mol. The van der Waals surface area contributed by atoms with Crippen molar-refractivity contribution in [3.05, 3.63) is 63.8 Å². The zero-order valence-corrected chi connectivity index (χ0v) is 24.2. The lowest BCUT2D eigenvalue weighted by atomic mass is 9.91. The molecule has 0 unspecified atom stereocenters. The third kappa shape index (κ3) is 5.77. The predicted octanol–water partition coefficient (Wildman–Crippen LogP) is 3.46. The Morgan fingerprint density at radius 1 is 1.14 bits per heavy atom. The summed E-state index contributed by atoms with van der Waals surface area (Å²) in [4.78, 5) is 15.7. The first-order valence-electron chi connectivity index (χ1n) is 13.4. The fourth-order valence-electron chi connectivity index (χ4n) is 5.73. The lowest BCUT2D eigenvalue weighted by Crippen LogP contribution is -2.62. The number of nitrogens with zero attached hydrogens (tertiary/aromatic N) is 4. The Labute approximate surface area is 250 Å². The Kier molecular flexibility index (Phi) is 9.14. The number of halogens is 4. The molecule has 1 amide bonds. The Morgan fingerprint density at radius 3 is 2.38 bits per heavy atom. The molecule has 1 saturated carbocycles. The van der Waals surface area contributed by atoms with Crippen LogP contribution in [-0.4, -0.2) is 86.5 Å². The molecule has 7 atom stereocenters. The summed E-state index contributed by atoms with van der Waals surface area (Å²) in [7, 11) is 1.32. The third-order valence-corrected chi connectivity index (χ3v) is 8.35. The zero-order chi connectivity index (χ0) is 30.3. The third-order valence-electron chi connectivity index (χ3n) is 7.91. The van der Waals surface area contributed by atoms with Crippen molar-refractivity contribution in [3.8, 4) is 11.3 Å². The molecule has 42 heavy (non-hydrogen) atoms. The van der Waals surface area contributed by atoms with Crippen LogP contribution in [0.1, 0.15) is 30.9 Å². The molecule has 0 bridgehead atoms. The van der Waals surface area contributed by atoms with Crippen LogP contribution in [0.3, 0.4) is 0 Å². The maximum Gasteiger partial charge on any atom is 0.259 e. The van der Waals surface area contributed by atoms with Crippen molar-refractivity contribution < 1.29 is 38.4 Å². The maximum absolute atomic E-state index is 14.3. The first kappa shape index (κ1) is 30.7. The standard InChI is InChI=1S/C28H30Cl2F2N4O6/c1-13-18(31)6-14(7-19(13)32)20-11-35(34-33-20)24-25(39)23(12-37)42-27(26(24)41-2)28(40)36(21-4-3-5-22(21)38)17-9-15(29)8-16(30)10-17/h6-11,21-27,37-39H,3-5,12H2,1-2H3/t21-,22-,23+,24-,25-,26+,27+/m0/s1. The second-order valence-electron chi connectivity index (χ2n) is 10.5. The van der Waals surface area contributed by atoms with Gasteiger partial charge in [-0.05, 0) is 56.5 Å². The average Bonchev–Trinajstić information content (AvgIpc) is 3.60. The minimum absolute atomic E-state index is 0.106. The number of amides is 1. The summed E-state index contributed by atoms with van der Waals surface area (Å²) in [6, 6.07) is 5.08. The first-order chi connectivity index (χ1) is 20.0. The van der Waals surface area contributed by atoms with E-state index in [0.717, 1.165) is 12.1 Å². The second kappa shape index (κ2) is 12.5. The number of aromatic nitrogens is 3. The molecule has 14 heteroatoms. The van der Waals surface area contributed by atoms with Crippen LogP contribution in [0.25, 0.3) is 11.3 Å². The van der Waals surface area contributed by atoms with E-state index in [1.54, 1.807) is 12.1 Å². The van der Waals surface area contributed by atoms with Crippen molar-refractivity contribution in [2.45, 2.75) is 68.8 Å². The van der Waals surface area contributed by atoms with Gasteiger partial charge in [0.15, 0.2) is 6.10 Å². The van der Waals surface area contributed by atoms with Crippen LogP contribution in [0, 0.1) is 18.6 Å². The maximum atomic E-state index is 14.3. The summed E-state index contributed by atoms with van der Waals surface area (Å²) in [5.74, 6) is -2.15. The lowest BCUT2D eigenvalue weighted by molar-refractivity contribution is -0.211. The smallest absolute Gasteiger partial charge is 0.259 e. The molecule has 0 radical (unpaired) electrons. The van der Waals surface area contributed by atoms with Gasteiger partial charge in [0.2, 0.25) is 0 Å². The van der Waals surface area contributed by atoms with Gasteiger partial charge < -0.3 is 29.7 Å². The molecular formula is C28H30Cl2F2N4O6. The van der Waals surface area contributed by atoms with Crippen LogP contribution in [0.4, 0.5) is 14.5 Å². The lowest BCUT2D eigenvalue weighted by Gasteiger charge is -2.45. The fourth-order valence-corrected chi connectivity index (χ4v) is 6.24. The Hall–Kier alpha value is -2.71. The number of hydrogen-bond acceptors (Lipinski definition) is 8. The van der Waals surface area contributed by atoms with E-state index < -0.39 is 66.8 Å². The molecule has 1 aliphatic heterocycles. The summed E-state index contributed by atoms with van der Waals surface area (Å²) in [5, 5.41) is 40.7. The fraction of sp³-hybridized carbons (Fsp3) is 0.464. The van der Waals surface area contributed by atoms with E-state index in [4.69, 9.17) is 32.7 Å². The molecule has 226 valence electrons. The van der Waals surface area contributed by atoms with Gasteiger partial charge in [-0.1, -0.05) is 28.4 Å². The van der Waals surface area contributed by atoms with Crippen molar-refractivity contribution in [2.75, 3.05) is 18.6 Å². The average molecular weight is 627 g/mol. The number of benzene rings is 2. The number of anilines is 1. The minimum Gasteiger partial charge on any atom is -0.394 e. The van der Waals surface area contributed by atoms with Crippen LogP contribution in [0.15, 0.2) is 36.5 Å². The number of aliphatic hydroxyl groups is 3. The Morgan fingerprint density at radius 2 is 1.81 bits per heavy atom. The summed E-state index contributed by atoms with van der Waals surface area (Å²) < 4.78 is 41.4. The van der Waals surface area contributed by atoms with Crippen molar-refractivity contribution in [3.63, 3.8) is 0 Å². The van der Waals surface area contributed by atoms with E-state index in [0.29, 0.717) is 24.9 Å². The summed E-state index contributed by atoms with van der Waals surface area (Å²) >= 11 is 12.5. The van der Waals surface area contributed by atoms with Gasteiger partial charge in [-0.2, -0.15) is 0 Å². The number of rotatable bonds is 7. The number of ether oxygens (including phenoxy) is 2. The van der Waals surface area contributed by atoms with E-state index in [1.807, 2.05) is 0 Å². The molecule has 5 rings (SSSR count). The topological polar surface area (TPSA) is 130 Å². The highest BCUT2D eigenvalue weighted by atomic mass is 35.5. The SMILES string of the molecule is CO[C@@H]1[C@@H](n2cc(-c3cc(F)c(C)c(F)c3)nn2)[C@@H](O)[C@@H](CO)O[C@H]1C(=O)N(c1cc(Cl)cc(Cl)c1)[C@H]1CCC[C@@H]1O. The number of carbonyl (C=O) groups excluding carboxylic acids is 1. The van der Waals surface area contributed by atoms with Gasteiger partial charge in [0.25, 0.3) is 5.91 Å². The van der Waals surface area contributed by atoms with E-state index in [-0.39, 0.29) is 26.9 Å². The van der Waals surface area contributed by atoms with Crippen LogP contribution in [-0.2, 0) is 14.3 Å². The number of hydrogen-bond donors (Lipinski definition) is 3. The van der Waals surface area contributed by atoms with Gasteiger partial charge in [0, 0.05) is 34.0 Å². The summed E-state index contributed by atoms with van der Waals surface area (Å²) in [6.07, 6.45) is -3.06. The van der Waals surface area contributed by atoms with Crippen LogP contribution in [0.2, 0.25) is 10.0 Å². The van der Waals surface area contributed by atoms with Gasteiger partial charge in [0.05, 0.1) is 24.9 Å². The van der Waals surface area contributed by atoms with E-state index in [9.17, 15) is 28.9 Å². The normalized spacial score (nSPS) is 27.8. The molecule has 3 N–H and O–H groups in total. The van der Waals surface area contributed by atoms with Crippen LogP contribution >= 0.6 is 23.2 Å². The monoisotopic (exact) mass is 626 g/mol. The molecule has 1 saturated heterocycles. The van der Waals surface area contributed by atoms with Crippen molar-refractivity contribution in [1.82, 2.24) is 15.0 Å². The highest BCUT2D eigenvalue weighted by Crippen LogP contribution is 2.38. The second-order valence-corrected chi connectivity index (χ2v) is 11.4. The van der Waals surface area contributed by atoms with E-state index in [1.165, 1.54) is 35.9 Å². The van der Waals surface area contributed by atoms with Gasteiger partial charge in [-0.15, -0.1) is 5.10 Å². The largest absolute Gasteiger partial charge is 0.394 e. The zero-order valence-electron chi connectivity index (χ0n) is 22.7. The first-order valence-corrected chi connectivity index (χ1v) is 14.1. The quantitative estimate of drug-likeness (QED) is 0.363. The molecule has 2 aliphatic rings. The van der Waals surface area contributed by atoms with Crippen LogP contribution in [0.5, 0.6) is 0 Å². The van der Waals surface area contributed by atoms with Crippen molar-refractivity contribution in [2.24, 2.45) is 0 Å². The highest BCUT2D eigenvalue weighted by Gasteiger charge is 2.52. The van der Waals surface area contributed by atoms with Gasteiger partial charge in [0.1, 0.15) is 41.7 Å². The number of methoxy groups -OCH3 is 1. The molecular weight excluding hydrogens is 597 g/mol. The summed E-state index contributed by atoms with van der Waals surface area (Å²) in [5.41, 5.74) is 0.407. The molecule has 2 aromatic carbocycles. The highest BCUT2D eigenvalue weighted by molar-refractivity contribution is 6.35. The molecule has 2 heterocycles. The van der Waals surface area contributed by atoms with Crippen molar-refractivity contribution in [1.29, 1.82) is 0 Å². The van der Waals surface area contributed by atoms with Gasteiger partial charge >= 0.3 is 0 Å². The number of carbonyl (C=O) groups is 1. The molecule has 3 aromatic rings. The van der Waals surface area contributed by atoms with Crippen LogP contribution < -0.4 is 4.90 Å². The van der Waals surface area contributed by atoms with E-state index in [2.05, 4.69) is 10.3 Å². The Bertz CT molecular complexity index is 1420. The molecule has 1 aromatic heterocycles. The summed E-state index contributed by atoms with van der Waals surface area (Å²) in [6.45, 7) is 0.660. The molecule has 2 fully saturated rings. The van der Waals surface area contributed by atoms with E-state index >= 15 is 0 Å². The number of aliphatic hydroxyl groups excluding tert-OH is 3. The minimum atomic E-state index is -1.42. The molecule has 0 spiro atoms. The van der Waals surface area contributed by atoms with Gasteiger partial charge in [-0.3, -0.25) is 4.79 Å².